The molecule has 0 aliphatic rings. The topological polar surface area (TPSA) is 97.5 Å². The van der Waals surface area contributed by atoms with Crippen molar-refractivity contribution in [2.24, 2.45) is 5.73 Å². The normalized spacial score (nSPS) is 9.36. The van der Waals surface area contributed by atoms with Crippen LogP contribution in [0.4, 0.5) is 0 Å². The van der Waals surface area contributed by atoms with Crippen LogP contribution in [0, 0.1) is 0 Å². The van der Waals surface area contributed by atoms with E-state index in [4.69, 9.17) is 10.3 Å². The van der Waals surface area contributed by atoms with Crippen LogP contribution < -0.4 is 5.73 Å². The number of carbonyl (C=O) groups is 1. The molecule has 0 heterocycles. The van der Waals surface area contributed by atoms with Crippen molar-refractivity contribution < 1.29 is 17.8 Å². The van der Waals surface area contributed by atoms with Crippen LogP contribution in [0.3, 0.4) is 0 Å². The lowest BCUT2D eigenvalue weighted by molar-refractivity contribution is -0.114. The highest BCUT2D eigenvalue weighted by Gasteiger charge is 1.86. The first-order chi connectivity index (χ1) is 4.64. The molecule has 0 atom stereocenters. The fourth-order valence-electron chi connectivity index (χ4n) is 0. The molecule has 0 aromatic heterocycles. The Kier molecular flexibility index (Phi) is 5.64. The third kappa shape index (κ3) is 47.5. The number of hydrogen-bond donors (Lipinski definition) is 2. The molecule has 0 rings (SSSR count). The summed E-state index contributed by atoms with van der Waals surface area (Å²) in [6.07, 6.45) is 0.715. The second kappa shape index (κ2) is 4.86. The first-order valence-electron chi connectivity index (χ1n) is 2.52. The van der Waals surface area contributed by atoms with Crippen LogP contribution >= 0.6 is 0 Å². The molecule has 0 fully saturated rings. The molecular weight excluding hydrogens is 170 g/mol. The molecule has 0 saturated heterocycles. The minimum absolute atomic E-state index is 0.398. The zero-order valence-corrected chi connectivity index (χ0v) is 7.18. The molecule has 0 aliphatic heterocycles. The largest absolute Gasteiger partial charge is 0.366 e. The van der Waals surface area contributed by atoms with Crippen molar-refractivity contribution in [3.05, 3.63) is 12.2 Å². The van der Waals surface area contributed by atoms with E-state index < -0.39 is 16.0 Å². The summed E-state index contributed by atoms with van der Waals surface area (Å²) in [6.45, 7) is 4.85. The minimum atomic E-state index is -3.67. The standard InChI is InChI=1S/C4H7NO.CH4O3S/c1-3(2)4(5)6;1-5(2,3)4/h1H2,2H3,(H2,5,6);1H3,(H,2,3,4). The summed E-state index contributed by atoms with van der Waals surface area (Å²) in [6, 6.07) is 0. The van der Waals surface area contributed by atoms with Crippen molar-refractivity contribution in [1.82, 2.24) is 0 Å². The fourth-order valence-corrected chi connectivity index (χ4v) is 0. The molecule has 66 valence electrons. The van der Waals surface area contributed by atoms with Crippen LogP contribution in [0.5, 0.6) is 0 Å². The maximum Gasteiger partial charge on any atom is 0.261 e. The first-order valence-corrected chi connectivity index (χ1v) is 4.37. The van der Waals surface area contributed by atoms with Crippen molar-refractivity contribution >= 4 is 16.0 Å². The van der Waals surface area contributed by atoms with E-state index in [-0.39, 0.29) is 0 Å². The third-order valence-electron chi connectivity index (χ3n) is 0.421. The predicted molar refractivity (Wildman–Crippen MR) is 41.5 cm³/mol. The molecule has 1 amide bonds. The summed E-state index contributed by atoms with van der Waals surface area (Å²) in [7, 11) is -3.67. The summed E-state index contributed by atoms with van der Waals surface area (Å²) < 4.78 is 25.9. The van der Waals surface area contributed by atoms with Crippen LogP contribution in [-0.2, 0) is 14.9 Å². The van der Waals surface area contributed by atoms with E-state index in [2.05, 4.69) is 6.58 Å². The second-order valence-corrected chi connectivity index (χ2v) is 3.34. The van der Waals surface area contributed by atoms with Gasteiger partial charge in [0.25, 0.3) is 10.1 Å². The van der Waals surface area contributed by atoms with Gasteiger partial charge >= 0.3 is 0 Å². The van der Waals surface area contributed by atoms with Gasteiger partial charge in [-0.3, -0.25) is 9.35 Å². The number of primary amides is 1. The highest BCUT2D eigenvalue weighted by atomic mass is 32.2. The number of nitrogens with two attached hydrogens (primary N) is 1. The zero-order chi connectivity index (χ0) is 9.65. The maximum atomic E-state index is 9.82. The molecule has 11 heavy (non-hydrogen) atoms. The number of amides is 1. The Morgan fingerprint density at radius 1 is 1.55 bits per heavy atom. The Morgan fingerprint density at radius 3 is 1.64 bits per heavy atom. The van der Waals surface area contributed by atoms with Crippen molar-refractivity contribution in [2.75, 3.05) is 6.26 Å². The van der Waals surface area contributed by atoms with E-state index in [9.17, 15) is 13.2 Å². The quantitative estimate of drug-likeness (QED) is 0.423. The molecule has 0 bridgehead atoms. The van der Waals surface area contributed by atoms with Crippen LogP contribution in [0.15, 0.2) is 12.2 Å². The van der Waals surface area contributed by atoms with Gasteiger partial charge in [-0.15, -0.1) is 0 Å². The summed E-state index contributed by atoms with van der Waals surface area (Å²) >= 11 is 0. The molecule has 0 unspecified atom stereocenters. The molecule has 0 saturated carbocycles. The van der Waals surface area contributed by atoms with Crippen molar-refractivity contribution in [3.63, 3.8) is 0 Å². The average molecular weight is 181 g/mol. The average Bonchev–Trinajstić information content (AvgIpc) is 1.59. The molecule has 6 heteroatoms. The lowest BCUT2D eigenvalue weighted by atomic mass is 10.3. The van der Waals surface area contributed by atoms with Crippen LogP contribution in [-0.4, -0.2) is 25.1 Å². The molecule has 0 radical (unpaired) electrons. The van der Waals surface area contributed by atoms with Gasteiger partial charge in [0.1, 0.15) is 0 Å². The first kappa shape index (κ1) is 12.8. The Morgan fingerprint density at radius 2 is 1.64 bits per heavy atom. The van der Waals surface area contributed by atoms with Crippen LogP contribution in [0.25, 0.3) is 0 Å². The zero-order valence-electron chi connectivity index (χ0n) is 6.36. The Balaban J connectivity index is 0. The summed E-state index contributed by atoms with van der Waals surface area (Å²) in [5, 5.41) is 0. The van der Waals surface area contributed by atoms with E-state index in [1.807, 2.05) is 0 Å². The third-order valence-corrected chi connectivity index (χ3v) is 0.421. The predicted octanol–water partition coefficient (Wildman–Crippen LogP) is -0.448. The van der Waals surface area contributed by atoms with Crippen molar-refractivity contribution in [2.45, 2.75) is 6.92 Å². The smallest absolute Gasteiger partial charge is 0.261 e. The summed E-state index contributed by atoms with van der Waals surface area (Å²) in [5.41, 5.74) is 5.09. The lowest BCUT2D eigenvalue weighted by Gasteiger charge is -1.81. The van der Waals surface area contributed by atoms with Gasteiger partial charge in [-0.05, 0) is 6.92 Å². The molecule has 3 N–H and O–H groups in total. The van der Waals surface area contributed by atoms with Gasteiger partial charge in [0.2, 0.25) is 5.91 Å². The van der Waals surface area contributed by atoms with Gasteiger partial charge in [0, 0.05) is 5.57 Å². The van der Waals surface area contributed by atoms with Crippen LogP contribution in [0.2, 0.25) is 0 Å². The Labute approximate surface area is 65.6 Å². The number of hydrogen-bond acceptors (Lipinski definition) is 3. The van der Waals surface area contributed by atoms with Crippen molar-refractivity contribution in [1.29, 1.82) is 0 Å². The SMILES string of the molecule is C=C(C)C(N)=O.CS(=O)(=O)O. The fraction of sp³-hybridized carbons (Fsp3) is 0.400. The maximum absolute atomic E-state index is 9.82. The molecule has 0 spiro atoms. The molecule has 5 nitrogen and oxygen atoms in total. The monoisotopic (exact) mass is 181 g/mol. The molecule has 0 aromatic carbocycles. The number of rotatable bonds is 1. The Hall–Kier alpha value is -0.880. The highest BCUT2D eigenvalue weighted by molar-refractivity contribution is 7.85. The molecule has 0 aliphatic carbocycles. The van der Waals surface area contributed by atoms with Gasteiger partial charge in [0.05, 0.1) is 6.26 Å². The van der Waals surface area contributed by atoms with Gasteiger partial charge in [-0.2, -0.15) is 8.42 Å². The van der Waals surface area contributed by atoms with E-state index in [1.165, 1.54) is 0 Å². The van der Waals surface area contributed by atoms with E-state index >= 15 is 0 Å². The second-order valence-electron chi connectivity index (χ2n) is 1.88. The summed E-state index contributed by atoms with van der Waals surface area (Å²) in [4.78, 5) is 9.82. The van der Waals surface area contributed by atoms with Crippen LogP contribution in [0.1, 0.15) is 6.92 Å². The van der Waals surface area contributed by atoms with E-state index in [1.54, 1.807) is 6.92 Å². The highest BCUT2D eigenvalue weighted by Crippen LogP contribution is 1.78. The lowest BCUT2D eigenvalue weighted by Crippen LogP contribution is -2.10. The van der Waals surface area contributed by atoms with Gasteiger partial charge < -0.3 is 5.73 Å². The van der Waals surface area contributed by atoms with Gasteiger partial charge in [-0.25, -0.2) is 0 Å². The van der Waals surface area contributed by atoms with Gasteiger partial charge in [-0.1, -0.05) is 6.58 Å². The molecular formula is C5H11NO4S. The minimum Gasteiger partial charge on any atom is -0.366 e. The van der Waals surface area contributed by atoms with Gasteiger partial charge in [0.15, 0.2) is 0 Å². The Bertz CT molecular complexity index is 221. The summed E-state index contributed by atoms with van der Waals surface area (Å²) in [5.74, 6) is -0.435. The molecule has 0 aromatic rings. The van der Waals surface area contributed by atoms with E-state index in [0.29, 0.717) is 11.8 Å². The van der Waals surface area contributed by atoms with Crippen molar-refractivity contribution in [3.8, 4) is 0 Å². The van der Waals surface area contributed by atoms with E-state index in [0.717, 1.165) is 0 Å². The number of carbonyl (C=O) groups excluding carboxylic acids is 1.